The number of nitrogens with zero attached hydrogens (tertiary/aromatic N) is 1. The lowest BCUT2D eigenvalue weighted by molar-refractivity contribution is 0.128. The fourth-order valence-electron chi connectivity index (χ4n) is 2.78. The molecule has 1 aromatic carbocycles. The minimum atomic E-state index is 0.230. The first-order valence-electron chi connectivity index (χ1n) is 6.47. The molecule has 1 aliphatic rings. The quantitative estimate of drug-likeness (QED) is 0.895. The molecular weight excluding hydrogens is 232 g/mol. The van der Waals surface area contributed by atoms with Crippen molar-refractivity contribution in [3.05, 3.63) is 34.9 Å². The molecule has 2 N–H and O–H groups in total. The van der Waals surface area contributed by atoms with Crippen molar-refractivity contribution in [2.45, 2.75) is 38.3 Å². The van der Waals surface area contributed by atoms with E-state index in [-0.39, 0.29) is 6.04 Å². The number of piperidine rings is 1. The molecule has 0 spiro atoms. The highest BCUT2D eigenvalue weighted by Gasteiger charge is 2.29. The highest BCUT2D eigenvalue weighted by atomic mass is 35.5. The number of hydrogen-bond donors (Lipinski definition) is 1. The van der Waals surface area contributed by atoms with Crippen LogP contribution in [0.25, 0.3) is 0 Å². The molecular formula is C14H21ClN2. The molecule has 0 saturated carbocycles. The maximum Gasteiger partial charge on any atom is 0.0499 e. The first-order chi connectivity index (χ1) is 8.22. The summed E-state index contributed by atoms with van der Waals surface area (Å²) in [7, 11) is 0. The van der Waals surface area contributed by atoms with E-state index >= 15 is 0 Å². The number of likely N-dealkylation sites (tertiary alicyclic amines) is 1. The van der Waals surface area contributed by atoms with Gasteiger partial charge in [-0.05, 0) is 50.0 Å². The lowest BCUT2D eigenvalue weighted by Crippen LogP contribution is -2.46. The maximum absolute atomic E-state index is 6.30. The van der Waals surface area contributed by atoms with Gasteiger partial charge in [0.05, 0.1) is 0 Å². The van der Waals surface area contributed by atoms with Gasteiger partial charge in [-0.2, -0.15) is 0 Å². The molecule has 0 radical (unpaired) electrons. The zero-order valence-corrected chi connectivity index (χ0v) is 11.2. The summed E-state index contributed by atoms with van der Waals surface area (Å²) in [4.78, 5) is 2.50. The maximum atomic E-state index is 6.30. The van der Waals surface area contributed by atoms with Gasteiger partial charge in [0.25, 0.3) is 0 Å². The predicted molar refractivity (Wildman–Crippen MR) is 73.3 cm³/mol. The second kappa shape index (κ2) is 5.85. The van der Waals surface area contributed by atoms with Gasteiger partial charge in [0.2, 0.25) is 0 Å². The number of hydrogen-bond acceptors (Lipinski definition) is 2. The molecule has 17 heavy (non-hydrogen) atoms. The molecule has 2 unspecified atom stereocenters. The lowest BCUT2D eigenvalue weighted by atomic mass is 9.91. The Morgan fingerprint density at radius 3 is 3.00 bits per heavy atom. The minimum absolute atomic E-state index is 0.230. The van der Waals surface area contributed by atoms with E-state index in [0.717, 1.165) is 24.5 Å². The van der Waals surface area contributed by atoms with Crippen LogP contribution in [0.1, 0.15) is 37.8 Å². The summed E-state index contributed by atoms with van der Waals surface area (Å²) in [6.07, 6.45) is 3.49. The van der Waals surface area contributed by atoms with E-state index in [2.05, 4.69) is 24.0 Å². The summed E-state index contributed by atoms with van der Waals surface area (Å²) < 4.78 is 0. The van der Waals surface area contributed by atoms with Crippen molar-refractivity contribution < 1.29 is 0 Å². The van der Waals surface area contributed by atoms with Crippen LogP contribution in [-0.4, -0.2) is 24.0 Å². The van der Waals surface area contributed by atoms with Gasteiger partial charge in [-0.15, -0.1) is 0 Å². The van der Waals surface area contributed by atoms with Crippen LogP contribution in [0, 0.1) is 0 Å². The Labute approximate surface area is 109 Å². The standard InChI is InChI=1S/C14H21ClN2/c1-2-8-17-9-4-7-13(16)14(17)11-5-3-6-12(15)10-11/h3,5-6,10,13-14H,2,4,7-9,16H2,1H3. The van der Waals surface area contributed by atoms with Gasteiger partial charge >= 0.3 is 0 Å². The summed E-state index contributed by atoms with van der Waals surface area (Å²) in [5.74, 6) is 0. The molecule has 2 nitrogen and oxygen atoms in total. The third kappa shape index (κ3) is 3.01. The van der Waals surface area contributed by atoms with Crippen LogP contribution in [0.15, 0.2) is 24.3 Å². The van der Waals surface area contributed by atoms with Crippen molar-refractivity contribution in [2.24, 2.45) is 5.73 Å². The number of halogens is 1. The van der Waals surface area contributed by atoms with Gasteiger partial charge in [0, 0.05) is 17.1 Å². The Hall–Kier alpha value is -0.570. The fraction of sp³-hybridized carbons (Fsp3) is 0.571. The van der Waals surface area contributed by atoms with E-state index in [9.17, 15) is 0 Å². The normalized spacial score (nSPS) is 26.1. The first-order valence-corrected chi connectivity index (χ1v) is 6.85. The van der Waals surface area contributed by atoms with Crippen LogP contribution in [-0.2, 0) is 0 Å². The van der Waals surface area contributed by atoms with E-state index in [4.69, 9.17) is 17.3 Å². The fourth-order valence-corrected chi connectivity index (χ4v) is 2.98. The van der Waals surface area contributed by atoms with Crippen LogP contribution in [0.3, 0.4) is 0 Å². The molecule has 0 amide bonds. The molecule has 1 aliphatic heterocycles. The third-order valence-electron chi connectivity index (χ3n) is 3.48. The molecule has 3 heteroatoms. The average molecular weight is 253 g/mol. The summed E-state index contributed by atoms with van der Waals surface area (Å²) in [5.41, 5.74) is 7.56. The molecule has 1 aromatic rings. The third-order valence-corrected chi connectivity index (χ3v) is 3.72. The molecule has 0 bridgehead atoms. The van der Waals surface area contributed by atoms with Gasteiger partial charge in [-0.3, -0.25) is 4.90 Å². The molecule has 0 aromatic heterocycles. The zero-order chi connectivity index (χ0) is 12.3. The second-order valence-corrected chi connectivity index (χ2v) is 5.28. The summed E-state index contributed by atoms with van der Waals surface area (Å²) in [6, 6.07) is 8.70. The molecule has 94 valence electrons. The summed E-state index contributed by atoms with van der Waals surface area (Å²) in [5, 5.41) is 0.803. The van der Waals surface area contributed by atoms with Crippen LogP contribution in [0.5, 0.6) is 0 Å². The molecule has 0 aliphatic carbocycles. The van der Waals surface area contributed by atoms with Crippen molar-refractivity contribution in [3.63, 3.8) is 0 Å². The van der Waals surface area contributed by atoms with Crippen molar-refractivity contribution in [1.82, 2.24) is 4.90 Å². The summed E-state index contributed by atoms with van der Waals surface area (Å²) >= 11 is 6.08. The SMILES string of the molecule is CCCN1CCCC(N)C1c1cccc(Cl)c1. The first kappa shape index (κ1) is 12.9. The van der Waals surface area contributed by atoms with E-state index in [1.54, 1.807) is 0 Å². The Bertz CT molecular complexity index is 365. The van der Waals surface area contributed by atoms with Crippen molar-refractivity contribution in [2.75, 3.05) is 13.1 Å². The molecule has 1 saturated heterocycles. The smallest absolute Gasteiger partial charge is 0.0499 e. The van der Waals surface area contributed by atoms with Gasteiger partial charge in [-0.25, -0.2) is 0 Å². The van der Waals surface area contributed by atoms with Crippen LogP contribution < -0.4 is 5.73 Å². The van der Waals surface area contributed by atoms with E-state index in [0.29, 0.717) is 6.04 Å². The Morgan fingerprint density at radius 1 is 1.47 bits per heavy atom. The van der Waals surface area contributed by atoms with Crippen LogP contribution in [0.4, 0.5) is 0 Å². The highest BCUT2D eigenvalue weighted by Crippen LogP contribution is 2.31. The van der Waals surface area contributed by atoms with E-state index in [1.165, 1.54) is 18.4 Å². The Kier molecular flexibility index (Phi) is 4.43. The number of benzene rings is 1. The van der Waals surface area contributed by atoms with Gasteiger partial charge in [0.1, 0.15) is 0 Å². The molecule has 2 rings (SSSR count). The minimum Gasteiger partial charge on any atom is -0.326 e. The molecule has 1 fully saturated rings. The highest BCUT2D eigenvalue weighted by molar-refractivity contribution is 6.30. The van der Waals surface area contributed by atoms with Crippen molar-refractivity contribution >= 4 is 11.6 Å². The van der Waals surface area contributed by atoms with Crippen molar-refractivity contribution in [3.8, 4) is 0 Å². The van der Waals surface area contributed by atoms with E-state index < -0.39 is 0 Å². The molecule has 1 heterocycles. The number of nitrogens with two attached hydrogens (primary N) is 1. The predicted octanol–water partition coefficient (Wildman–Crippen LogP) is 3.21. The van der Waals surface area contributed by atoms with Crippen LogP contribution >= 0.6 is 11.6 Å². The topological polar surface area (TPSA) is 29.3 Å². The van der Waals surface area contributed by atoms with Gasteiger partial charge in [-0.1, -0.05) is 30.7 Å². The number of rotatable bonds is 3. The van der Waals surface area contributed by atoms with Gasteiger partial charge < -0.3 is 5.73 Å². The largest absolute Gasteiger partial charge is 0.326 e. The van der Waals surface area contributed by atoms with Gasteiger partial charge in [0.15, 0.2) is 0 Å². The Balaban J connectivity index is 2.24. The Morgan fingerprint density at radius 2 is 2.29 bits per heavy atom. The summed E-state index contributed by atoms with van der Waals surface area (Å²) in [6.45, 7) is 4.48. The average Bonchev–Trinajstić information content (AvgIpc) is 2.29. The lowest BCUT2D eigenvalue weighted by Gasteiger charge is -2.40. The molecule has 2 atom stereocenters. The van der Waals surface area contributed by atoms with E-state index in [1.807, 2.05) is 12.1 Å². The van der Waals surface area contributed by atoms with Crippen molar-refractivity contribution in [1.29, 1.82) is 0 Å². The zero-order valence-electron chi connectivity index (χ0n) is 10.4. The monoisotopic (exact) mass is 252 g/mol. The van der Waals surface area contributed by atoms with Crippen LogP contribution in [0.2, 0.25) is 5.02 Å². The second-order valence-electron chi connectivity index (χ2n) is 4.84.